The van der Waals surface area contributed by atoms with Crippen molar-refractivity contribution in [2.45, 2.75) is 43.9 Å². The molecular formula is C13H17N3O2. The zero-order valence-electron chi connectivity index (χ0n) is 10.1. The maximum Gasteiger partial charge on any atom is 0.275 e. The van der Waals surface area contributed by atoms with Crippen LogP contribution in [0.15, 0.2) is 18.3 Å². The Hall–Kier alpha value is -1.62. The Morgan fingerprint density at radius 3 is 2.67 bits per heavy atom. The summed E-state index contributed by atoms with van der Waals surface area (Å²) in [5.74, 6) is -0.0903. The first kappa shape index (κ1) is 11.5. The number of piperidine rings is 1. The number of carbonyl (C=O) groups excluding carboxylic acids is 1. The lowest BCUT2D eigenvalue weighted by molar-refractivity contribution is 0.0283. The Morgan fingerprint density at radius 1 is 1.39 bits per heavy atom. The number of carbonyl (C=O) groups is 1. The van der Waals surface area contributed by atoms with Crippen LogP contribution in [0.4, 0.5) is 5.69 Å². The molecule has 2 bridgehead atoms. The number of anilines is 1. The fourth-order valence-electron chi connectivity index (χ4n) is 3.20. The van der Waals surface area contributed by atoms with E-state index in [1.165, 1.54) is 0 Å². The average molecular weight is 247 g/mol. The highest BCUT2D eigenvalue weighted by molar-refractivity contribution is 5.97. The maximum absolute atomic E-state index is 12.5. The topological polar surface area (TPSA) is 79.5 Å². The number of nitrogen functional groups attached to an aromatic ring is 1. The number of nitrogens with zero attached hydrogens (tertiary/aromatic N) is 2. The van der Waals surface area contributed by atoms with Gasteiger partial charge in [0.15, 0.2) is 5.69 Å². The molecule has 1 aromatic rings. The summed E-state index contributed by atoms with van der Waals surface area (Å²) in [4.78, 5) is 18.5. The Bertz CT molecular complexity index is 463. The molecule has 2 aliphatic rings. The van der Waals surface area contributed by atoms with Crippen LogP contribution >= 0.6 is 0 Å². The summed E-state index contributed by atoms with van der Waals surface area (Å²) in [6.45, 7) is 0. The molecule has 0 aromatic carbocycles. The first-order valence-corrected chi connectivity index (χ1v) is 6.38. The summed E-state index contributed by atoms with van der Waals surface area (Å²) in [7, 11) is 0. The van der Waals surface area contributed by atoms with Crippen molar-refractivity contribution in [2.24, 2.45) is 0 Å². The van der Waals surface area contributed by atoms with Crippen molar-refractivity contribution in [3.8, 4) is 0 Å². The van der Waals surface area contributed by atoms with Gasteiger partial charge < -0.3 is 15.7 Å². The molecule has 3 heterocycles. The van der Waals surface area contributed by atoms with E-state index in [1.54, 1.807) is 18.3 Å². The molecule has 0 radical (unpaired) electrons. The highest BCUT2D eigenvalue weighted by atomic mass is 16.3. The van der Waals surface area contributed by atoms with Crippen molar-refractivity contribution < 1.29 is 9.90 Å². The summed E-state index contributed by atoms with van der Waals surface area (Å²) >= 11 is 0. The second-order valence-electron chi connectivity index (χ2n) is 5.16. The zero-order chi connectivity index (χ0) is 12.7. The molecule has 1 aromatic heterocycles. The van der Waals surface area contributed by atoms with Gasteiger partial charge in [0.25, 0.3) is 5.91 Å². The van der Waals surface area contributed by atoms with Gasteiger partial charge in [-0.15, -0.1) is 0 Å². The van der Waals surface area contributed by atoms with Gasteiger partial charge in [-0.05, 0) is 37.8 Å². The van der Waals surface area contributed by atoms with Gasteiger partial charge in [0.05, 0.1) is 11.8 Å². The number of fused-ring (bicyclic) bond motifs is 2. The average Bonchev–Trinajstić information content (AvgIpc) is 2.61. The summed E-state index contributed by atoms with van der Waals surface area (Å²) in [5.41, 5.74) is 6.57. The van der Waals surface area contributed by atoms with Crippen LogP contribution < -0.4 is 5.73 Å². The number of hydrogen-bond donors (Lipinski definition) is 2. The van der Waals surface area contributed by atoms with E-state index in [0.29, 0.717) is 24.2 Å². The van der Waals surface area contributed by atoms with Crippen LogP contribution in [-0.4, -0.2) is 39.1 Å². The SMILES string of the molecule is Nc1cccnc1C(=O)N1C2CCC1CC(O)C2. The first-order chi connectivity index (χ1) is 8.66. The number of hydrogen-bond acceptors (Lipinski definition) is 4. The number of aliphatic hydroxyl groups excluding tert-OH is 1. The Kier molecular flexibility index (Phi) is 2.70. The minimum atomic E-state index is -0.271. The minimum Gasteiger partial charge on any atom is -0.397 e. The van der Waals surface area contributed by atoms with Gasteiger partial charge >= 0.3 is 0 Å². The van der Waals surface area contributed by atoms with Crippen LogP contribution in [0.25, 0.3) is 0 Å². The summed E-state index contributed by atoms with van der Waals surface area (Å²) < 4.78 is 0. The molecule has 2 unspecified atom stereocenters. The molecule has 3 N–H and O–H groups in total. The first-order valence-electron chi connectivity index (χ1n) is 6.38. The lowest BCUT2D eigenvalue weighted by Crippen LogP contribution is -2.48. The smallest absolute Gasteiger partial charge is 0.275 e. The quantitative estimate of drug-likeness (QED) is 0.769. The molecule has 0 aliphatic carbocycles. The Labute approximate surface area is 106 Å². The molecular weight excluding hydrogens is 230 g/mol. The number of aliphatic hydroxyl groups is 1. The summed E-state index contributed by atoms with van der Waals surface area (Å²) in [6, 6.07) is 3.71. The van der Waals surface area contributed by atoms with Crippen molar-refractivity contribution in [1.29, 1.82) is 0 Å². The van der Waals surface area contributed by atoms with Gasteiger partial charge in [-0.2, -0.15) is 0 Å². The zero-order valence-corrected chi connectivity index (χ0v) is 10.1. The molecule has 5 heteroatoms. The van der Waals surface area contributed by atoms with Crippen LogP contribution in [0.5, 0.6) is 0 Å². The van der Waals surface area contributed by atoms with E-state index in [4.69, 9.17) is 5.73 Å². The second-order valence-corrected chi connectivity index (χ2v) is 5.16. The fourth-order valence-corrected chi connectivity index (χ4v) is 3.20. The van der Waals surface area contributed by atoms with E-state index in [1.807, 2.05) is 4.90 Å². The summed E-state index contributed by atoms with van der Waals surface area (Å²) in [5, 5.41) is 9.74. The number of aromatic nitrogens is 1. The molecule has 2 atom stereocenters. The Balaban J connectivity index is 1.88. The highest BCUT2D eigenvalue weighted by Gasteiger charge is 2.43. The number of pyridine rings is 1. The monoisotopic (exact) mass is 247 g/mol. The molecule has 18 heavy (non-hydrogen) atoms. The van der Waals surface area contributed by atoms with Crippen LogP contribution in [-0.2, 0) is 0 Å². The predicted molar refractivity (Wildman–Crippen MR) is 66.9 cm³/mol. The van der Waals surface area contributed by atoms with Crippen LogP contribution in [0.2, 0.25) is 0 Å². The molecule has 5 nitrogen and oxygen atoms in total. The van der Waals surface area contributed by atoms with E-state index in [9.17, 15) is 9.90 Å². The van der Waals surface area contributed by atoms with Crippen molar-refractivity contribution in [1.82, 2.24) is 9.88 Å². The molecule has 0 spiro atoms. The van der Waals surface area contributed by atoms with Crippen molar-refractivity contribution in [3.63, 3.8) is 0 Å². The van der Waals surface area contributed by atoms with E-state index >= 15 is 0 Å². The molecule has 3 rings (SSSR count). The van der Waals surface area contributed by atoms with Gasteiger partial charge in [0.1, 0.15) is 0 Å². The van der Waals surface area contributed by atoms with Crippen molar-refractivity contribution in [3.05, 3.63) is 24.0 Å². The van der Waals surface area contributed by atoms with Crippen LogP contribution in [0.1, 0.15) is 36.2 Å². The van der Waals surface area contributed by atoms with Gasteiger partial charge in [-0.3, -0.25) is 4.79 Å². The second kappa shape index (κ2) is 4.24. The molecule has 2 saturated heterocycles. The minimum absolute atomic E-state index is 0.0903. The fraction of sp³-hybridized carbons (Fsp3) is 0.538. The van der Waals surface area contributed by atoms with E-state index in [2.05, 4.69) is 4.98 Å². The van der Waals surface area contributed by atoms with Gasteiger partial charge in [0.2, 0.25) is 0 Å². The normalized spacial score (nSPS) is 30.5. The summed E-state index contributed by atoms with van der Waals surface area (Å²) in [6.07, 6.45) is 4.61. The molecule has 2 fully saturated rings. The largest absolute Gasteiger partial charge is 0.397 e. The van der Waals surface area contributed by atoms with Gasteiger partial charge in [-0.25, -0.2) is 4.98 Å². The predicted octanol–water partition coefficient (Wildman–Crippen LogP) is 0.792. The van der Waals surface area contributed by atoms with Gasteiger partial charge in [-0.1, -0.05) is 0 Å². The van der Waals surface area contributed by atoms with Crippen LogP contribution in [0, 0.1) is 0 Å². The van der Waals surface area contributed by atoms with Gasteiger partial charge in [0, 0.05) is 18.3 Å². The van der Waals surface area contributed by atoms with Crippen molar-refractivity contribution >= 4 is 11.6 Å². The lowest BCUT2D eigenvalue weighted by Gasteiger charge is -2.37. The maximum atomic E-state index is 12.5. The Morgan fingerprint density at radius 2 is 2.06 bits per heavy atom. The highest BCUT2D eigenvalue weighted by Crippen LogP contribution is 2.36. The third kappa shape index (κ3) is 1.75. The molecule has 1 amide bonds. The number of rotatable bonds is 1. The number of nitrogens with two attached hydrogens (primary N) is 1. The standard InChI is InChI=1S/C13H17N3O2/c14-11-2-1-5-15-12(11)13(18)16-8-3-4-9(16)7-10(17)6-8/h1-2,5,8-10,17H,3-4,6-7,14H2. The van der Waals surface area contributed by atoms with E-state index in [0.717, 1.165) is 12.8 Å². The molecule has 2 aliphatic heterocycles. The molecule has 96 valence electrons. The van der Waals surface area contributed by atoms with E-state index in [-0.39, 0.29) is 24.1 Å². The van der Waals surface area contributed by atoms with Crippen LogP contribution in [0.3, 0.4) is 0 Å². The van der Waals surface area contributed by atoms with Crippen molar-refractivity contribution in [2.75, 3.05) is 5.73 Å². The van der Waals surface area contributed by atoms with E-state index < -0.39 is 0 Å². The number of amides is 1. The molecule has 0 saturated carbocycles. The third-order valence-electron chi connectivity index (χ3n) is 3.98. The lowest BCUT2D eigenvalue weighted by atomic mass is 9.99. The third-order valence-corrected chi connectivity index (χ3v) is 3.98.